The highest BCUT2D eigenvalue weighted by Crippen LogP contribution is 2.18. The van der Waals surface area contributed by atoms with Crippen LogP contribution in [0.2, 0.25) is 0 Å². The van der Waals surface area contributed by atoms with Gasteiger partial charge in [0.15, 0.2) is 6.61 Å². The monoisotopic (exact) mass is 319 g/mol. The molecule has 2 aliphatic rings. The van der Waals surface area contributed by atoms with Crippen molar-refractivity contribution < 1.29 is 14.6 Å². The van der Waals surface area contributed by atoms with E-state index in [9.17, 15) is 4.79 Å². The van der Waals surface area contributed by atoms with Crippen LogP contribution in [0.1, 0.15) is 5.56 Å². The van der Waals surface area contributed by atoms with E-state index in [0.29, 0.717) is 11.8 Å². The summed E-state index contributed by atoms with van der Waals surface area (Å²) in [6.45, 7) is 7.53. The molecule has 2 heterocycles. The van der Waals surface area contributed by atoms with E-state index in [1.807, 2.05) is 24.3 Å². The lowest BCUT2D eigenvalue weighted by Crippen LogP contribution is -2.60. The van der Waals surface area contributed by atoms with Crippen molar-refractivity contribution in [2.75, 3.05) is 52.9 Å². The van der Waals surface area contributed by atoms with E-state index < -0.39 is 5.97 Å². The molecule has 0 aliphatic carbocycles. The zero-order chi connectivity index (χ0) is 16.2. The normalized spacial score (nSPS) is 23.4. The molecule has 3 rings (SSSR count). The van der Waals surface area contributed by atoms with E-state index in [2.05, 4.69) is 21.7 Å². The van der Waals surface area contributed by atoms with Crippen molar-refractivity contribution in [3.63, 3.8) is 0 Å². The Morgan fingerprint density at radius 3 is 2.65 bits per heavy atom. The van der Waals surface area contributed by atoms with Gasteiger partial charge in [-0.25, -0.2) is 4.79 Å². The van der Waals surface area contributed by atoms with Crippen LogP contribution in [-0.4, -0.2) is 84.7 Å². The molecule has 126 valence electrons. The van der Waals surface area contributed by atoms with Gasteiger partial charge in [0.1, 0.15) is 5.75 Å². The third kappa shape index (κ3) is 4.43. The van der Waals surface area contributed by atoms with Crippen molar-refractivity contribution in [1.82, 2.24) is 14.7 Å². The highest BCUT2D eigenvalue weighted by Gasteiger charge is 2.30. The van der Waals surface area contributed by atoms with Gasteiger partial charge in [-0.2, -0.15) is 0 Å². The topological polar surface area (TPSA) is 56.2 Å². The Hall–Kier alpha value is -1.63. The van der Waals surface area contributed by atoms with E-state index in [1.165, 1.54) is 18.7 Å². The van der Waals surface area contributed by atoms with Gasteiger partial charge in [0.05, 0.1) is 0 Å². The molecule has 1 N–H and O–H groups in total. The quantitative estimate of drug-likeness (QED) is 0.857. The summed E-state index contributed by atoms with van der Waals surface area (Å²) in [6.07, 6.45) is 0. The van der Waals surface area contributed by atoms with Crippen LogP contribution in [0.5, 0.6) is 5.75 Å². The third-order valence-corrected chi connectivity index (χ3v) is 4.67. The second kappa shape index (κ2) is 7.29. The molecular weight excluding hydrogens is 294 g/mol. The number of carboxylic acid groups (broad SMARTS) is 1. The minimum atomic E-state index is -0.954. The lowest BCUT2D eigenvalue weighted by atomic mass is 10.1. The smallest absolute Gasteiger partial charge is 0.341 e. The van der Waals surface area contributed by atoms with Gasteiger partial charge in [-0.05, 0) is 24.7 Å². The SMILES string of the molecule is CN1CCN2CCN(Cc3ccc(OCC(=O)O)cc3)CC2C1. The molecule has 1 unspecified atom stereocenters. The predicted octanol–water partition coefficient (Wildman–Crippen LogP) is 0.582. The lowest BCUT2D eigenvalue weighted by Gasteiger charge is -2.46. The largest absolute Gasteiger partial charge is 0.482 e. The molecule has 0 bridgehead atoms. The molecule has 0 amide bonds. The molecule has 1 atom stereocenters. The Morgan fingerprint density at radius 2 is 1.91 bits per heavy atom. The van der Waals surface area contributed by atoms with Crippen molar-refractivity contribution in [2.45, 2.75) is 12.6 Å². The second-order valence-electron chi connectivity index (χ2n) is 6.51. The van der Waals surface area contributed by atoms with Crippen LogP contribution in [0.25, 0.3) is 0 Å². The summed E-state index contributed by atoms with van der Waals surface area (Å²) in [5.74, 6) is -0.348. The van der Waals surface area contributed by atoms with Crippen LogP contribution in [0.4, 0.5) is 0 Å². The summed E-state index contributed by atoms with van der Waals surface area (Å²) < 4.78 is 5.17. The minimum Gasteiger partial charge on any atom is -0.482 e. The number of rotatable bonds is 5. The van der Waals surface area contributed by atoms with Crippen molar-refractivity contribution in [3.05, 3.63) is 29.8 Å². The molecule has 0 spiro atoms. The molecule has 1 aromatic carbocycles. The van der Waals surface area contributed by atoms with Crippen LogP contribution < -0.4 is 4.74 Å². The van der Waals surface area contributed by atoms with Gasteiger partial charge in [-0.3, -0.25) is 9.80 Å². The molecule has 2 fully saturated rings. The van der Waals surface area contributed by atoms with E-state index >= 15 is 0 Å². The van der Waals surface area contributed by atoms with Crippen molar-refractivity contribution in [3.8, 4) is 5.75 Å². The molecule has 0 radical (unpaired) electrons. The summed E-state index contributed by atoms with van der Waals surface area (Å²) in [6, 6.07) is 8.39. The highest BCUT2D eigenvalue weighted by molar-refractivity contribution is 5.68. The summed E-state index contributed by atoms with van der Waals surface area (Å²) in [5, 5.41) is 8.62. The van der Waals surface area contributed by atoms with Gasteiger partial charge in [0.25, 0.3) is 0 Å². The number of carbonyl (C=O) groups is 1. The van der Waals surface area contributed by atoms with Crippen LogP contribution in [0.15, 0.2) is 24.3 Å². The van der Waals surface area contributed by atoms with Crippen molar-refractivity contribution in [2.24, 2.45) is 0 Å². The van der Waals surface area contributed by atoms with Gasteiger partial charge in [-0.15, -0.1) is 0 Å². The standard InChI is InChI=1S/C17H25N3O3/c1-18-6-8-20-9-7-19(12-15(20)11-18)10-14-2-4-16(5-3-14)23-13-17(21)22/h2-5,15H,6-13H2,1H3,(H,21,22). The van der Waals surface area contributed by atoms with Gasteiger partial charge in [-0.1, -0.05) is 12.1 Å². The minimum absolute atomic E-state index is 0.295. The predicted molar refractivity (Wildman–Crippen MR) is 87.7 cm³/mol. The Labute approximate surface area is 137 Å². The third-order valence-electron chi connectivity index (χ3n) is 4.67. The fraction of sp³-hybridized carbons (Fsp3) is 0.588. The first-order valence-electron chi connectivity index (χ1n) is 8.18. The number of likely N-dealkylation sites (N-methyl/N-ethyl adjacent to an activating group) is 1. The summed E-state index contributed by atoms with van der Waals surface area (Å²) in [4.78, 5) is 18.0. The van der Waals surface area contributed by atoms with E-state index in [4.69, 9.17) is 9.84 Å². The van der Waals surface area contributed by atoms with Crippen molar-refractivity contribution in [1.29, 1.82) is 0 Å². The Kier molecular flexibility index (Phi) is 5.15. The van der Waals surface area contributed by atoms with E-state index in [0.717, 1.165) is 32.7 Å². The number of aliphatic carboxylic acids is 1. The fourth-order valence-corrected chi connectivity index (χ4v) is 3.41. The van der Waals surface area contributed by atoms with Gasteiger partial charge in [0.2, 0.25) is 0 Å². The Bertz CT molecular complexity index is 534. The maximum absolute atomic E-state index is 10.5. The van der Waals surface area contributed by atoms with Crippen molar-refractivity contribution >= 4 is 5.97 Å². The summed E-state index contributed by atoms with van der Waals surface area (Å²) in [7, 11) is 2.20. The number of benzene rings is 1. The van der Waals surface area contributed by atoms with Gasteiger partial charge < -0.3 is 14.7 Å². The summed E-state index contributed by atoms with van der Waals surface area (Å²) in [5.41, 5.74) is 1.24. The maximum atomic E-state index is 10.5. The second-order valence-corrected chi connectivity index (χ2v) is 6.51. The average molecular weight is 319 g/mol. The van der Waals surface area contributed by atoms with Crippen LogP contribution >= 0.6 is 0 Å². The zero-order valence-electron chi connectivity index (χ0n) is 13.6. The summed E-state index contributed by atoms with van der Waals surface area (Å²) >= 11 is 0. The first kappa shape index (κ1) is 16.2. The van der Waals surface area contributed by atoms with Crippen LogP contribution in [-0.2, 0) is 11.3 Å². The molecule has 6 heteroatoms. The number of hydrogen-bond donors (Lipinski definition) is 1. The van der Waals surface area contributed by atoms with Crippen LogP contribution in [0.3, 0.4) is 0 Å². The molecule has 1 aromatic rings. The first-order valence-corrected chi connectivity index (χ1v) is 8.18. The molecule has 0 saturated carbocycles. The molecular formula is C17H25N3O3. The van der Waals surface area contributed by atoms with Gasteiger partial charge >= 0.3 is 5.97 Å². The number of nitrogens with zero attached hydrogens (tertiary/aromatic N) is 3. The molecule has 0 aromatic heterocycles. The zero-order valence-corrected chi connectivity index (χ0v) is 13.6. The first-order chi connectivity index (χ1) is 11.1. The number of piperazine rings is 2. The number of hydrogen-bond acceptors (Lipinski definition) is 5. The highest BCUT2D eigenvalue weighted by atomic mass is 16.5. The molecule has 23 heavy (non-hydrogen) atoms. The average Bonchev–Trinajstić information content (AvgIpc) is 2.54. The number of ether oxygens (including phenoxy) is 1. The van der Waals surface area contributed by atoms with E-state index in [-0.39, 0.29) is 6.61 Å². The van der Waals surface area contributed by atoms with E-state index in [1.54, 1.807) is 0 Å². The number of carboxylic acids is 1. The molecule has 6 nitrogen and oxygen atoms in total. The lowest BCUT2D eigenvalue weighted by molar-refractivity contribution is -0.139. The number of fused-ring (bicyclic) bond motifs is 1. The molecule has 2 aliphatic heterocycles. The maximum Gasteiger partial charge on any atom is 0.341 e. The Balaban J connectivity index is 1.52. The van der Waals surface area contributed by atoms with Crippen LogP contribution in [0, 0.1) is 0 Å². The van der Waals surface area contributed by atoms with Gasteiger partial charge in [0, 0.05) is 51.9 Å². The fourth-order valence-electron chi connectivity index (χ4n) is 3.41. The molecule has 2 saturated heterocycles. The Morgan fingerprint density at radius 1 is 1.17 bits per heavy atom.